The molecule has 10 heteroatoms. The Morgan fingerprint density at radius 3 is 2.69 bits per heavy atom. The number of thiazole rings is 1. The SMILES string of the molecule is CCCCn1/c(=N/C(=O)c2cc(C(F)(F)F)ccc2OCC(C)(C)O)sc2ncccc21. The molecule has 0 aliphatic heterocycles. The fourth-order valence-electron chi connectivity index (χ4n) is 2.93. The number of fused-ring (bicyclic) bond motifs is 1. The highest BCUT2D eigenvalue weighted by Crippen LogP contribution is 2.33. The van der Waals surface area contributed by atoms with Crippen LogP contribution in [0.4, 0.5) is 13.2 Å². The van der Waals surface area contributed by atoms with Crippen LogP contribution in [-0.2, 0) is 12.7 Å². The summed E-state index contributed by atoms with van der Waals surface area (Å²) >= 11 is 1.19. The largest absolute Gasteiger partial charge is 0.490 e. The Morgan fingerprint density at radius 2 is 2.03 bits per heavy atom. The number of rotatable bonds is 7. The molecule has 2 heterocycles. The van der Waals surface area contributed by atoms with E-state index in [9.17, 15) is 23.1 Å². The van der Waals surface area contributed by atoms with Crippen molar-refractivity contribution < 1.29 is 27.8 Å². The summed E-state index contributed by atoms with van der Waals surface area (Å²) in [7, 11) is 0. The van der Waals surface area contributed by atoms with Crippen LogP contribution in [0, 0.1) is 0 Å². The fraction of sp³-hybridized carbons (Fsp3) is 0.409. The number of nitrogens with zero attached hydrogens (tertiary/aromatic N) is 3. The monoisotopic (exact) mass is 467 g/mol. The number of benzene rings is 1. The molecule has 0 unspecified atom stereocenters. The molecule has 0 aliphatic carbocycles. The number of hydrogen-bond acceptors (Lipinski definition) is 5. The third kappa shape index (κ3) is 5.74. The third-order valence-electron chi connectivity index (χ3n) is 4.51. The van der Waals surface area contributed by atoms with Crippen LogP contribution < -0.4 is 9.54 Å². The quantitative estimate of drug-likeness (QED) is 0.541. The van der Waals surface area contributed by atoms with Crippen molar-refractivity contribution in [2.24, 2.45) is 4.99 Å². The molecule has 0 bridgehead atoms. The predicted octanol–water partition coefficient (Wildman–Crippen LogP) is 4.81. The zero-order valence-corrected chi connectivity index (χ0v) is 18.8. The Hall–Kier alpha value is -2.72. The summed E-state index contributed by atoms with van der Waals surface area (Å²) in [5.41, 5.74) is -1.74. The van der Waals surface area contributed by atoms with Crippen LogP contribution in [0.2, 0.25) is 0 Å². The summed E-state index contributed by atoms with van der Waals surface area (Å²) in [6, 6.07) is 6.28. The van der Waals surface area contributed by atoms with E-state index in [4.69, 9.17) is 4.74 Å². The number of unbranched alkanes of at least 4 members (excludes halogenated alkanes) is 1. The lowest BCUT2D eigenvalue weighted by atomic mass is 10.1. The van der Waals surface area contributed by atoms with Gasteiger partial charge in [-0.3, -0.25) is 4.79 Å². The van der Waals surface area contributed by atoms with Crippen molar-refractivity contribution in [1.82, 2.24) is 9.55 Å². The molecule has 1 aromatic carbocycles. The summed E-state index contributed by atoms with van der Waals surface area (Å²) in [5.74, 6) is -0.938. The summed E-state index contributed by atoms with van der Waals surface area (Å²) in [6.07, 6.45) is -1.25. The first-order valence-corrected chi connectivity index (χ1v) is 10.9. The first-order valence-electron chi connectivity index (χ1n) is 10.1. The van der Waals surface area contributed by atoms with E-state index in [-0.39, 0.29) is 17.9 Å². The zero-order valence-electron chi connectivity index (χ0n) is 17.9. The highest BCUT2D eigenvalue weighted by molar-refractivity contribution is 7.15. The number of carbonyl (C=O) groups excluding carboxylic acids is 1. The molecule has 0 saturated heterocycles. The predicted molar refractivity (Wildman–Crippen MR) is 116 cm³/mol. The van der Waals surface area contributed by atoms with Gasteiger partial charge in [0.15, 0.2) is 4.80 Å². The van der Waals surface area contributed by atoms with E-state index in [0.29, 0.717) is 16.2 Å². The van der Waals surface area contributed by atoms with E-state index in [1.165, 1.54) is 25.2 Å². The third-order valence-corrected chi connectivity index (χ3v) is 5.51. The number of aryl methyl sites for hydroxylation is 1. The normalized spacial score (nSPS) is 13.0. The maximum atomic E-state index is 13.3. The number of aromatic nitrogens is 2. The number of hydrogen-bond donors (Lipinski definition) is 1. The van der Waals surface area contributed by atoms with Gasteiger partial charge in [-0.25, -0.2) is 4.98 Å². The number of aliphatic hydroxyl groups is 1. The Morgan fingerprint density at radius 1 is 1.28 bits per heavy atom. The highest BCUT2D eigenvalue weighted by Gasteiger charge is 2.32. The summed E-state index contributed by atoms with van der Waals surface area (Å²) in [4.78, 5) is 22.5. The minimum atomic E-state index is -4.63. The van der Waals surface area contributed by atoms with E-state index >= 15 is 0 Å². The second-order valence-electron chi connectivity index (χ2n) is 7.94. The average molecular weight is 468 g/mol. The van der Waals surface area contributed by atoms with Crippen LogP contribution in [0.3, 0.4) is 0 Å². The van der Waals surface area contributed by atoms with Crippen molar-refractivity contribution in [2.75, 3.05) is 6.61 Å². The number of alkyl halides is 3. The van der Waals surface area contributed by atoms with Crippen LogP contribution in [0.15, 0.2) is 41.5 Å². The molecule has 3 rings (SSSR count). The lowest BCUT2D eigenvalue weighted by Gasteiger charge is -2.19. The first-order chi connectivity index (χ1) is 15.0. The summed E-state index contributed by atoms with van der Waals surface area (Å²) in [6.45, 7) is 5.40. The highest BCUT2D eigenvalue weighted by atomic mass is 32.1. The standard InChI is InChI=1S/C22H24F3N3O3S/c1-4-5-11-28-16-7-6-10-26-19(16)32-20(28)27-18(29)15-12-14(22(23,24)25)8-9-17(15)31-13-21(2,3)30/h6-10,12,30H,4-5,11,13H2,1-3H3/b27-20-. The molecule has 0 radical (unpaired) electrons. The number of amides is 1. The Kier molecular flexibility index (Phi) is 7.04. The molecule has 2 aromatic heterocycles. The maximum absolute atomic E-state index is 13.3. The molecule has 6 nitrogen and oxygen atoms in total. The molecule has 32 heavy (non-hydrogen) atoms. The molecule has 0 atom stereocenters. The zero-order chi connectivity index (χ0) is 23.5. The van der Waals surface area contributed by atoms with Gasteiger partial charge in [-0.15, -0.1) is 0 Å². The van der Waals surface area contributed by atoms with Crippen molar-refractivity contribution in [3.8, 4) is 5.75 Å². The Labute approximate surface area is 187 Å². The van der Waals surface area contributed by atoms with Crippen LogP contribution in [0.1, 0.15) is 49.5 Å². The van der Waals surface area contributed by atoms with Crippen molar-refractivity contribution >= 4 is 27.6 Å². The minimum Gasteiger partial charge on any atom is -0.490 e. The lowest BCUT2D eigenvalue weighted by Crippen LogP contribution is -2.28. The topological polar surface area (TPSA) is 76.7 Å². The number of ether oxygens (including phenoxy) is 1. The first kappa shape index (κ1) is 23.9. The van der Waals surface area contributed by atoms with Crippen LogP contribution in [0.25, 0.3) is 10.3 Å². The van der Waals surface area contributed by atoms with Gasteiger partial charge in [-0.2, -0.15) is 18.2 Å². The lowest BCUT2D eigenvalue weighted by molar-refractivity contribution is -0.137. The van der Waals surface area contributed by atoms with Crippen LogP contribution in [-0.4, -0.2) is 32.8 Å². The van der Waals surface area contributed by atoms with Gasteiger partial charge in [-0.1, -0.05) is 24.7 Å². The van der Waals surface area contributed by atoms with Crippen LogP contribution >= 0.6 is 11.3 Å². The Bertz CT molecular complexity index is 1180. The molecule has 1 amide bonds. The molecule has 0 saturated carbocycles. The smallest absolute Gasteiger partial charge is 0.416 e. The average Bonchev–Trinajstić information content (AvgIpc) is 3.06. The van der Waals surface area contributed by atoms with E-state index in [0.717, 1.165) is 36.6 Å². The van der Waals surface area contributed by atoms with Gasteiger partial charge in [-0.05, 0) is 50.6 Å². The Balaban J connectivity index is 2.10. The van der Waals surface area contributed by atoms with Gasteiger partial charge in [0.1, 0.15) is 17.2 Å². The van der Waals surface area contributed by atoms with Crippen molar-refractivity contribution in [3.05, 3.63) is 52.5 Å². The van der Waals surface area contributed by atoms with Gasteiger partial charge in [0, 0.05) is 12.7 Å². The maximum Gasteiger partial charge on any atom is 0.416 e. The van der Waals surface area contributed by atoms with Crippen molar-refractivity contribution in [1.29, 1.82) is 0 Å². The van der Waals surface area contributed by atoms with E-state index in [2.05, 4.69) is 9.98 Å². The molecule has 172 valence electrons. The number of halogens is 3. The molecule has 1 N–H and O–H groups in total. The summed E-state index contributed by atoms with van der Waals surface area (Å²) in [5, 5.41) is 9.90. The second-order valence-corrected chi connectivity index (χ2v) is 8.90. The van der Waals surface area contributed by atoms with Gasteiger partial charge in [0.2, 0.25) is 0 Å². The second kappa shape index (κ2) is 9.41. The van der Waals surface area contributed by atoms with Gasteiger partial charge < -0.3 is 14.4 Å². The number of pyridine rings is 1. The van der Waals surface area contributed by atoms with Crippen LogP contribution in [0.5, 0.6) is 5.75 Å². The molecular weight excluding hydrogens is 443 g/mol. The molecular formula is C22H24F3N3O3S. The van der Waals surface area contributed by atoms with Gasteiger partial charge >= 0.3 is 6.18 Å². The summed E-state index contributed by atoms with van der Waals surface area (Å²) < 4.78 is 47.1. The van der Waals surface area contributed by atoms with Gasteiger partial charge in [0.25, 0.3) is 5.91 Å². The van der Waals surface area contributed by atoms with E-state index in [1.807, 2.05) is 17.6 Å². The van der Waals surface area contributed by atoms with E-state index < -0.39 is 23.2 Å². The molecule has 0 spiro atoms. The van der Waals surface area contributed by atoms with Crippen molar-refractivity contribution in [3.63, 3.8) is 0 Å². The minimum absolute atomic E-state index is 0.0757. The van der Waals surface area contributed by atoms with Crippen molar-refractivity contribution in [2.45, 2.75) is 51.9 Å². The molecule has 0 aliphatic rings. The van der Waals surface area contributed by atoms with Gasteiger partial charge in [0.05, 0.1) is 22.2 Å². The number of carbonyl (C=O) groups is 1. The van der Waals surface area contributed by atoms with E-state index in [1.54, 1.807) is 12.3 Å². The fourth-order valence-corrected chi connectivity index (χ4v) is 3.92. The molecule has 0 fully saturated rings. The molecule has 3 aromatic rings.